The van der Waals surface area contributed by atoms with E-state index >= 15 is 0 Å². The molecule has 10 heteroatoms. The van der Waals surface area contributed by atoms with Gasteiger partial charge in [0.25, 0.3) is 0 Å². The lowest BCUT2D eigenvalue weighted by Gasteiger charge is -2.33. The second kappa shape index (κ2) is 27.3. The molecule has 0 aromatic heterocycles. The third kappa shape index (κ3) is 16.5. The minimum atomic E-state index is -1.38. The first-order valence-corrected chi connectivity index (χ1v) is 24.5. The van der Waals surface area contributed by atoms with Crippen molar-refractivity contribution in [3.63, 3.8) is 0 Å². The molecule has 0 spiro atoms. The molecule has 4 rings (SSSR count). The summed E-state index contributed by atoms with van der Waals surface area (Å²) in [4.78, 5) is 50.8. The number of benzene rings is 3. The number of hydrogen-bond donors (Lipinski definition) is 1. The predicted octanol–water partition coefficient (Wildman–Crippen LogP) is 12.1. The molecule has 3 aromatic carbocycles. The lowest BCUT2D eigenvalue weighted by atomic mass is 9.77. The molecule has 1 aliphatic carbocycles. The Morgan fingerprint density at radius 2 is 1.09 bits per heavy atom. The van der Waals surface area contributed by atoms with Crippen LogP contribution in [0.5, 0.6) is 5.75 Å². The summed E-state index contributed by atoms with van der Waals surface area (Å²) in [6.07, 6.45) is 13.5. The quantitative estimate of drug-likeness (QED) is 0.0324. The van der Waals surface area contributed by atoms with E-state index in [2.05, 4.69) is 94.8 Å². The van der Waals surface area contributed by atoms with Crippen LogP contribution in [-0.4, -0.2) is 63.5 Å². The van der Waals surface area contributed by atoms with E-state index < -0.39 is 29.3 Å². The van der Waals surface area contributed by atoms with E-state index in [9.17, 15) is 19.2 Å². The zero-order chi connectivity index (χ0) is 49.8. The van der Waals surface area contributed by atoms with Crippen LogP contribution >= 0.6 is 0 Å². The molecule has 68 heavy (non-hydrogen) atoms. The van der Waals surface area contributed by atoms with E-state index in [-0.39, 0.29) is 49.8 Å². The van der Waals surface area contributed by atoms with Crippen LogP contribution in [0, 0.1) is 11.3 Å². The number of unbranched alkanes of at least 4 members (excludes halogenated alkanes) is 2. The van der Waals surface area contributed by atoms with Gasteiger partial charge in [-0.15, -0.1) is 0 Å². The van der Waals surface area contributed by atoms with Crippen molar-refractivity contribution in [1.29, 1.82) is 0 Å². The van der Waals surface area contributed by atoms with E-state index in [1.54, 1.807) is 6.92 Å². The van der Waals surface area contributed by atoms with Crippen molar-refractivity contribution in [3.8, 4) is 28.0 Å². The molecule has 0 bridgehead atoms. The summed E-state index contributed by atoms with van der Waals surface area (Å²) in [5, 5.41) is 0. The highest BCUT2D eigenvalue weighted by Crippen LogP contribution is 2.40. The maximum Gasteiger partial charge on any atom is 0.333 e. The zero-order valence-corrected chi connectivity index (χ0v) is 41.9. The summed E-state index contributed by atoms with van der Waals surface area (Å²) >= 11 is 0. The summed E-state index contributed by atoms with van der Waals surface area (Å²) in [7, 11) is 0. The van der Waals surface area contributed by atoms with Gasteiger partial charge < -0.3 is 29.4 Å². The smallest absolute Gasteiger partial charge is 0.333 e. The minimum absolute atomic E-state index is 0.149. The molecule has 0 atom stereocenters. The standard InChI is InChI=1S/C58H77NO9/c1-11-13-14-17-43-20-22-45(23-21-43)46-24-26-47(27-25-46)48-28-29-52(44(12-2)32-48)51-33-49(18-15-30-59)53(50(34-51)19-16-31-64-54(60)39(3)4)65-35-58(36-66-55(61)40(5)6,37-67-56(62)41(7)8)38-68-57(63)42(9)10/h24-29,32-34,43,45H,3,5,7,9,11-23,30-31,35-38,59H2,1-2,4,6,8,10H3. The van der Waals surface area contributed by atoms with Crippen molar-refractivity contribution >= 4 is 23.9 Å². The Balaban J connectivity index is 1.75. The largest absolute Gasteiger partial charge is 0.492 e. The van der Waals surface area contributed by atoms with Crippen LogP contribution in [0.2, 0.25) is 0 Å². The van der Waals surface area contributed by atoms with Gasteiger partial charge >= 0.3 is 23.9 Å². The van der Waals surface area contributed by atoms with E-state index in [1.807, 2.05) is 0 Å². The molecule has 10 nitrogen and oxygen atoms in total. The Bertz CT molecular complexity index is 2170. The zero-order valence-electron chi connectivity index (χ0n) is 41.9. The number of carbonyl (C=O) groups is 4. The van der Waals surface area contributed by atoms with Crippen LogP contribution in [0.4, 0.5) is 0 Å². The highest BCUT2D eigenvalue weighted by molar-refractivity contribution is 5.88. The van der Waals surface area contributed by atoms with Crippen LogP contribution in [0.1, 0.15) is 134 Å². The monoisotopic (exact) mass is 932 g/mol. The molecule has 3 aromatic rings. The number of aryl methyl sites for hydroxylation is 3. The SMILES string of the molecule is C=C(C)C(=O)OCCCc1cc(-c2ccc(-c3ccc(C4CCC(CCCCC)CC4)cc3)cc2CC)cc(CCCN)c1OCC(COC(=O)C(=C)C)(COC(=O)C(=C)C)COC(=O)C(=C)C. The van der Waals surface area contributed by atoms with Crippen LogP contribution < -0.4 is 10.5 Å². The van der Waals surface area contributed by atoms with E-state index in [0.29, 0.717) is 49.5 Å². The molecule has 1 saturated carbocycles. The molecule has 1 fully saturated rings. The Morgan fingerprint density at radius 3 is 1.59 bits per heavy atom. The number of ether oxygens (including phenoxy) is 5. The summed E-state index contributed by atoms with van der Waals surface area (Å²) in [5.41, 5.74) is 14.3. The molecule has 0 amide bonds. The Kier molecular flexibility index (Phi) is 22.0. The number of rotatable bonds is 28. The first-order valence-electron chi connectivity index (χ1n) is 24.5. The number of carbonyl (C=O) groups excluding carboxylic acids is 4. The Hall–Kier alpha value is -5.74. The molecule has 2 N–H and O–H groups in total. The van der Waals surface area contributed by atoms with Crippen molar-refractivity contribution in [2.45, 2.75) is 131 Å². The van der Waals surface area contributed by atoms with Gasteiger partial charge in [-0.25, -0.2) is 19.2 Å². The van der Waals surface area contributed by atoms with Gasteiger partial charge in [-0.05, 0) is 161 Å². The van der Waals surface area contributed by atoms with Gasteiger partial charge in [-0.1, -0.05) is 108 Å². The maximum atomic E-state index is 12.8. The first-order chi connectivity index (χ1) is 32.5. The van der Waals surface area contributed by atoms with E-state index in [1.165, 1.54) is 88.8 Å². The summed E-state index contributed by atoms with van der Waals surface area (Å²) in [5.74, 6) is -0.433. The number of nitrogens with two attached hydrogens (primary N) is 1. The highest BCUT2D eigenvalue weighted by Gasteiger charge is 2.38. The van der Waals surface area contributed by atoms with Crippen molar-refractivity contribution < 1.29 is 42.9 Å². The van der Waals surface area contributed by atoms with Crippen LogP contribution in [0.15, 0.2) is 103 Å². The topological polar surface area (TPSA) is 140 Å². The van der Waals surface area contributed by atoms with Gasteiger partial charge in [0.05, 0.1) is 6.61 Å². The van der Waals surface area contributed by atoms with Crippen LogP contribution in [-0.2, 0) is 57.4 Å². The Morgan fingerprint density at radius 1 is 0.588 bits per heavy atom. The summed E-state index contributed by atoms with van der Waals surface area (Å²) in [6, 6.07) is 20.1. The fraction of sp³-hybridized carbons (Fsp3) is 0.483. The van der Waals surface area contributed by atoms with E-state index in [0.717, 1.165) is 40.2 Å². The highest BCUT2D eigenvalue weighted by atomic mass is 16.6. The molecule has 0 heterocycles. The fourth-order valence-corrected chi connectivity index (χ4v) is 8.57. The molecular formula is C58H77NO9. The molecule has 0 radical (unpaired) electrons. The average molecular weight is 932 g/mol. The first kappa shape index (κ1) is 54.9. The number of hydrogen-bond acceptors (Lipinski definition) is 10. The second-order valence-corrected chi connectivity index (χ2v) is 19.0. The lowest BCUT2D eigenvalue weighted by Crippen LogP contribution is -2.44. The molecule has 0 aliphatic heterocycles. The molecule has 1 aliphatic rings. The molecule has 0 saturated heterocycles. The normalized spacial score (nSPS) is 14.6. The van der Waals surface area contributed by atoms with Crippen molar-refractivity contribution in [2.75, 3.05) is 39.6 Å². The average Bonchev–Trinajstić information content (AvgIpc) is 3.33. The van der Waals surface area contributed by atoms with E-state index in [4.69, 9.17) is 29.4 Å². The van der Waals surface area contributed by atoms with Gasteiger partial charge in [0.1, 0.15) is 37.6 Å². The fourth-order valence-electron chi connectivity index (χ4n) is 8.57. The summed E-state index contributed by atoms with van der Waals surface area (Å²) in [6.45, 7) is 24.7. The molecule has 368 valence electrons. The molecule has 0 unspecified atom stereocenters. The van der Waals surface area contributed by atoms with Gasteiger partial charge in [0.2, 0.25) is 0 Å². The van der Waals surface area contributed by atoms with Gasteiger partial charge in [0.15, 0.2) is 0 Å². The lowest BCUT2D eigenvalue weighted by molar-refractivity contribution is -0.159. The van der Waals surface area contributed by atoms with Gasteiger partial charge in [-0.3, -0.25) is 0 Å². The Labute approximate surface area is 406 Å². The van der Waals surface area contributed by atoms with Crippen molar-refractivity contribution in [3.05, 3.63) is 125 Å². The van der Waals surface area contributed by atoms with Crippen LogP contribution in [0.25, 0.3) is 22.3 Å². The second-order valence-electron chi connectivity index (χ2n) is 19.0. The third-order valence-electron chi connectivity index (χ3n) is 12.7. The predicted molar refractivity (Wildman–Crippen MR) is 272 cm³/mol. The number of esters is 4. The van der Waals surface area contributed by atoms with Crippen LogP contribution in [0.3, 0.4) is 0 Å². The minimum Gasteiger partial charge on any atom is -0.492 e. The maximum absolute atomic E-state index is 12.8. The van der Waals surface area contributed by atoms with Gasteiger partial charge in [0, 0.05) is 22.3 Å². The third-order valence-corrected chi connectivity index (χ3v) is 12.7. The summed E-state index contributed by atoms with van der Waals surface area (Å²) < 4.78 is 29.3. The van der Waals surface area contributed by atoms with Crippen molar-refractivity contribution in [2.24, 2.45) is 17.1 Å². The van der Waals surface area contributed by atoms with Gasteiger partial charge in [-0.2, -0.15) is 0 Å². The van der Waals surface area contributed by atoms with Crippen molar-refractivity contribution in [1.82, 2.24) is 0 Å². The molecular weight excluding hydrogens is 855 g/mol.